The lowest BCUT2D eigenvalue weighted by molar-refractivity contribution is 0.292. The Labute approximate surface area is 100 Å². The van der Waals surface area contributed by atoms with Crippen LogP contribution in [0.15, 0.2) is 24.3 Å². The Morgan fingerprint density at radius 1 is 1.29 bits per heavy atom. The monoisotopic (exact) mass is 229 g/mol. The lowest BCUT2D eigenvalue weighted by Gasteiger charge is -2.09. The molecule has 0 atom stereocenters. The van der Waals surface area contributed by atoms with Crippen molar-refractivity contribution in [2.24, 2.45) is 5.92 Å². The summed E-state index contributed by atoms with van der Waals surface area (Å²) < 4.78 is 5.79. The van der Waals surface area contributed by atoms with Crippen molar-refractivity contribution in [2.45, 2.75) is 12.8 Å². The van der Waals surface area contributed by atoms with Crippen molar-refractivity contribution in [1.82, 2.24) is 9.97 Å². The third kappa shape index (κ3) is 2.16. The van der Waals surface area contributed by atoms with Crippen molar-refractivity contribution < 1.29 is 4.74 Å². The SMILES string of the molecule is CNc1nc(OCC2CC2)c2ccccc2n1. The van der Waals surface area contributed by atoms with Crippen molar-refractivity contribution in [2.75, 3.05) is 19.0 Å². The minimum atomic E-state index is 0.606. The van der Waals surface area contributed by atoms with E-state index >= 15 is 0 Å². The largest absolute Gasteiger partial charge is 0.477 e. The van der Waals surface area contributed by atoms with Crippen molar-refractivity contribution in [1.29, 1.82) is 0 Å². The number of aromatic nitrogens is 2. The fraction of sp³-hybridized carbons (Fsp3) is 0.385. The predicted octanol–water partition coefficient (Wildman–Crippen LogP) is 2.46. The zero-order valence-corrected chi connectivity index (χ0v) is 9.81. The summed E-state index contributed by atoms with van der Waals surface area (Å²) >= 11 is 0. The van der Waals surface area contributed by atoms with Crippen LogP contribution in [0.4, 0.5) is 5.95 Å². The van der Waals surface area contributed by atoms with E-state index in [9.17, 15) is 0 Å². The molecule has 1 heterocycles. The zero-order valence-electron chi connectivity index (χ0n) is 9.81. The molecular weight excluding hydrogens is 214 g/mol. The lowest BCUT2D eigenvalue weighted by atomic mass is 10.2. The Morgan fingerprint density at radius 3 is 2.88 bits per heavy atom. The van der Waals surface area contributed by atoms with Gasteiger partial charge < -0.3 is 10.1 Å². The molecule has 0 spiro atoms. The van der Waals surface area contributed by atoms with E-state index in [1.165, 1.54) is 12.8 Å². The molecule has 88 valence electrons. The van der Waals surface area contributed by atoms with Gasteiger partial charge in [0.15, 0.2) is 0 Å². The molecule has 3 rings (SSSR count). The van der Waals surface area contributed by atoms with Gasteiger partial charge in [-0.1, -0.05) is 12.1 Å². The fourth-order valence-corrected chi connectivity index (χ4v) is 1.75. The molecule has 1 aromatic carbocycles. The highest BCUT2D eigenvalue weighted by Gasteiger charge is 2.22. The molecule has 4 nitrogen and oxygen atoms in total. The fourth-order valence-electron chi connectivity index (χ4n) is 1.75. The van der Waals surface area contributed by atoms with Crippen molar-refractivity contribution in [3.05, 3.63) is 24.3 Å². The summed E-state index contributed by atoms with van der Waals surface area (Å²) in [6.07, 6.45) is 2.56. The first-order chi connectivity index (χ1) is 8.36. The Hall–Kier alpha value is -1.84. The second-order valence-electron chi connectivity index (χ2n) is 4.37. The van der Waals surface area contributed by atoms with Gasteiger partial charge in [0.25, 0.3) is 0 Å². The Kier molecular flexibility index (Phi) is 2.55. The number of anilines is 1. The van der Waals surface area contributed by atoms with Gasteiger partial charge in [0.1, 0.15) is 0 Å². The maximum Gasteiger partial charge on any atom is 0.226 e. The standard InChI is InChI=1S/C13H15N3O/c1-14-13-15-11-5-3-2-4-10(11)12(16-13)17-8-9-6-7-9/h2-5,9H,6-8H2,1H3,(H,14,15,16). The molecule has 4 heteroatoms. The molecule has 0 aliphatic heterocycles. The second kappa shape index (κ2) is 4.20. The number of para-hydroxylation sites is 1. The van der Waals surface area contributed by atoms with Crippen LogP contribution in [0.1, 0.15) is 12.8 Å². The molecule has 1 aromatic heterocycles. The molecule has 2 aromatic rings. The number of rotatable bonds is 4. The molecule has 17 heavy (non-hydrogen) atoms. The smallest absolute Gasteiger partial charge is 0.226 e. The zero-order chi connectivity index (χ0) is 11.7. The van der Waals surface area contributed by atoms with Crippen molar-refractivity contribution in [3.8, 4) is 5.88 Å². The quantitative estimate of drug-likeness (QED) is 0.874. The summed E-state index contributed by atoms with van der Waals surface area (Å²) in [5.74, 6) is 2.02. The lowest BCUT2D eigenvalue weighted by Crippen LogP contribution is -2.04. The van der Waals surface area contributed by atoms with Gasteiger partial charge in [0.05, 0.1) is 17.5 Å². The highest BCUT2D eigenvalue weighted by Crippen LogP contribution is 2.31. The Balaban J connectivity index is 1.99. The minimum absolute atomic E-state index is 0.606. The Bertz CT molecular complexity index is 537. The predicted molar refractivity (Wildman–Crippen MR) is 67.3 cm³/mol. The summed E-state index contributed by atoms with van der Waals surface area (Å²) in [4.78, 5) is 8.77. The van der Waals surface area contributed by atoms with E-state index in [1.807, 2.05) is 31.3 Å². The Morgan fingerprint density at radius 2 is 2.12 bits per heavy atom. The average Bonchev–Trinajstić information content (AvgIpc) is 3.19. The molecule has 1 saturated carbocycles. The molecule has 0 unspecified atom stereocenters. The molecule has 0 radical (unpaired) electrons. The summed E-state index contributed by atoms with van der Waals surface area (Å²) in [5, 5.41) is 3.94. The van der Waals surface area contributed by atoms with Gasteiger partial charge in [-0.15, -0.1) is 0 Å². The van der Waals surface area contributed by atoms with E-state index in [1.54, 1.807) is 0 Å². The maximum absolute atomic E-state index is 5.79. The van der Waals surface area contributed by atoms with E-state index < -0.39 is 0 Å². The van der Waals surface area contributed by atoms with Gasteiger partial charge in [0.2, 0.25) is 11.8 Å². The first-order valence-electron chi connectivity index (χ1n) is 5.94. The van der Waals surface area contributed by atoms with Gasteiger partial charge in [-0.05, 0) is 30.9 Å². The summed E-state index contributed by atoms with van der Waals surface area (Å²) in [6, 6.07) is 7.92. The summed E-state index contributed by atoms with van der Waals surface area (Å²) in [5.41, 5.74) is 0.914. The number of nitrogens with one attached hydrogen (secondary N) is 1. The van der Waals surface area contributed by atoms with Gasteiger partial charge >= 0.3 is 0 Å². The number of hydrogen-bond donors (Lipinski definition) is 1. The van der Waals surface area contributed by atoms with Crippen molar-refractivity contribution >= 4 is 16.9 Å². The molecule has 0 bridgehead atoms. The summed E-state index contributed by atoms with van der Waals surface area (Å²) in [6.45, 7) is 0.768. The first-order valence-corrected chi connectivity index (χ1v) is 5.94. The highest BCUT2D eigenvalue weighted by molar-refractivity contribution is 5.84. The topological polar surface area (TPSA) is 47.0 Å². The van der Waals surface area contributed by atoms with Crippen LogP contribution in [0.2, 0.25) is 0 Å². The van der Waals surface area contributed by atoms with Crippen LogP contribution in [0.25, 0.3) is 10.9 Å². The van der Waals surface area contributed by atoms with E-state index in [4.69, 9.17) is 4.74 Å². The number of hydrogen-bond acceptors (Lipinski definition) is 4. The number of nitrogens with zero attached hydrogens (tertiary/aromatic N) is 2. The first kappa shape index (κ1) is 10.3. The second-order valence-corrected chi connectivity index (χ2v) is 4.37. The van der Waals surface area contributed by atoms with Gasteiger partial charge in [-0.25, -0.2) is 4.98 Å². The maximum atomic E-state index is 5.79. The summed E-state index contributed by atoms with van der Waals surface area (Å²) in [7, 11) is 1.81. The van der Waals surface area contributed by atoms with Gasteiger partial charge in [0, 0.05) is 7.05 Å². The van der Waals surface area contributed by atoms with Crippen molar-refractivity contribution in [3.63, 3.8) is 0 Å². The van der Waals surface area contributed by atoms with Gasteiger partial charge in [-0.2, -0.15) is 4.98 Å². The molecule has 1 aliphatic carbocycles. The molecule has 0 amide bonds. The molecule has 1 N–H and O–H groups in total. The van der Waals surface area contributed by atoms with E-state index in [2.05, 4.69) is 15.3 Å². The molecule has 1 fully saturated rings. The van der Waals surface area contributed by atoms with E-state index in [-0.39, 0.29) is 0 Å². The van der Waals surface area contributed by atoms with E-state index in [0.717, 1.165) is 23.4 Å². The van der Waals surface area contributed by atoms with Crippen LogP contribution < -0.4 is 10.1 Å². The average molecular weight is 229 g/mol. The van der Waals surface area contributed by atoms with Crippen LogP contribution in [0.5, 0.6) is 5.88 Å². The molecule has 1 aliphatic rings. The normalized spacial score (nSPS) is 14.9. The number of fused-ring (bicyclic) bond motifs is 1. The van der Waals surface area contributed by atoms with E-state index in [0.29, 0.717) is 11.8 Å². The molecular formula is C13H15N3O. The van der Waals surface area contributed by atoms with Crippen LogP contribution in [-0.4, -0.2) is 23.6 Å². The van der Waals surface area contributed by atoms with Gasteiger partial charge in [-0.3, -0.25) is 0 Å². The van der Waals surface area contributed by atoms with Crippen LogP contribution >= 0.6 is 0 Å². The van der Waals surface area contributed by atoms with Crippen LogP contribution in [0, 0.1) is 5.92 Å². The highest BCUT2D eigenvalue weighted by atomic mass is 16.5. The van der Waals surface area contributed by atoms with Crippen LogP contribution in [-0.2, 0) is 0 Å². The minimum Gasteiger partial charge on any atom is -0.477 e. The molecule has 0 saturated heterocycles. The number of benzene rings is 1. The third-order valence-electron chi connectivity index (χ3n) is 2.94. The number of ether oxygens (including phenoxy) is 1. The van der Waals surface area contributed by atoms with Crippen LogP contribution in [0.3, 0.4) is 0 Å². The third-order valence-corrected chi connectivity index (χ3v) is 2.94.